The Morgan fingerprint density at radius 1 is 1.21 bits per heavy atom. The summed E-state index contributed by atoms with van der Waals surface area (Å²) in [7, 11) is 0.607. The summed E-state index contributed by atoms with van der Waals surface area (Å²) in [6.45, 7) is 6.97. The Balaban J connectivity index is 2.82. The van der Waals surface area contributed by atoms with Gasteiger partial charge in [0.2, 0.25) is 0 Å². The smallest absolute Gasteiger partial charge is 0.119 e. The molecule has 0 aliphatic rings. The fourth-order valence-corrected chi connectivity index (χ4v) is 1.78. The minimum absolute atomic E-state index is 0.919. The van der Waals surface area contributed by atoms with E-state index in [1.165, 1.54) is 5.56 Å². The van der Waals surface area contributed by atoms with Gasteiger partial charge < -0.3 is 4.74 Å². The quantitative estimate of drug-likeness (QED) is 0.687. The third-order valence-electron chi connectivity index (χ3n) is 1.87. The van der Waals surface area contributed by atoms with Crippen molar-refractivity contribution in [2.24, 2.45) is 0 Å². The van der Waals surface area contributed by atoms with E-state index in [-0.39, 0.29) is 0 Å². The molecule has 76 valence electrons. The zero-order valence-electron chi connectivity index (χ0n) is 9.37. The molecule has 0 aliphatic heterocycles. The van der Waals surface area contributed by atoms with Crippen molar-refractivity contribution >= 4 is 14.1 Å². The van der Waals surface area contributed by atoms with E-state index in [1.54, 1.807) is 7.11 Å². The summed E-state index contributed by atoms with van der Waals surface area (Å²) in [4.78, 5) is 0. The summed E-state index contributed by atoms with van der Waals surface area (Å²) in [5.74, 6) is 0.919. The van der Waals surface area contributed by atoms with Crippen LogP contribution in [-0.2, 0) is 0 Å². The first-order chi connectivity index (χ1) is 6.51. The molecule has 0 atom stereocenters. The average Bonchev–Trinajstić information content (AvgIpc) is 2.14. The predicted molar refractivity (Wildman–Crippen MR) is 65.4 cm³/mol. The summed E-state index contributed by atoms with van der Waals surface area (Å²) >= 11 is 0. The Labute approximate surface area is 87.4 Å². The first-order valence-electron chi connectivity index (χ1n) is 4.84. The molecule has 14 heavy (non-hydrogen) atoms. The molecule has 1 aromatic rings. The molecule has 0 spiro atoms. The Morgan fingerprint density at radius 2 is 1.93 bits per heavy atom. The number of rotatable bonds is 3. The molecule has 1 aromatic carbocycles. The standard InChI is InChI=1S/C12H18OSi/c1-13-12-7-5-6-11(10-12)8-9-14(2,3)4/h5-10H,1-4H3/b9-8-. The highest BCUT2D eigenvalue weighted by Crippen LogP contribution is 2.15. The third kappa shape index (κ3) is 3.79. The van der Waals surface area contributed by atoms with Crippen LogP contribution in [0.5, 0.6) is 5.75 Å². The Hall–Kier alpha value is -1.02. The number of hydrogen-bond donors (Lipinski definition) is 0. The van der Waals surface area contributed by atoms with Crippen molar-refractivity contribution < 1.29 is 4.74 Å². The lowest BCUT2D eigenvalue weighted by molar-refractivity contribution is 0.414. The van der Waals surface area contributed by atoms with Crippen LogP contribution in [0.15, 0.2) is 30.0 Å². The average molecular weight is 206 g/mol. The summed E-state index contributed by atoms with van der Waals surface area (Å²) in [6.07, 6.45) is 2.19. The summed E-state index contributed by atoms with van der Waals surface area (Å²) in [5.41, 5.74) is 3.55. The minimum Gasteiger partial charge on any atom is -0.497 e. The third-order valence-corrected chi connectivity index (χ3v) is 3.04. The van der Waals surface area contributed by atoms with Gasteiger partial charge in [0, 0.05) is 0 Å². The van der Waals surface area contributed by atoms with Gasteiger partial charge in [0.1, 0.15) is 5.75 Å². The summed E-state index contributed by atoms with van der Waals surface area (Å²) < 4.78 is 5.16. The van der Waals surface area contributed by atoms with Crippen LogP contribution in [-0.4, -0.2) is 15.2 Å². The molecule has 0 bridgehead atoms. The van der Waals surface area contributed by atoms with Crippen LogP contribution in [0.4, 0.5) is 0 Å². The maximum absolute atomic E-state index is 5.16. The highest BCUT2D eigenvalue weighted by Gasteiger charge is 2.06. The van der Waals surface area contributed by atoms with E-state index >= 15 is 0 Å². The second-order valence-electron chi connectivity index (χ2n) is 4.48. The number of ether oxygens (including phenoxy) is 1. The molecule has 1 nitrogen and oxygen atoms in total. The van der Waals surface area contributed by atoms with Crippen LogP contribution in [0.25, 0.3) is 6.08 Å². The van der Waals surface area contributed by atoms with Gasteiger partial charge in [-0.1, -0.05) is 43.5 Å². The van der Waals surface area contributed by atoms with Crippen molar-refractivity contribution in [1.29, 1.82) is 0 Å². The van der Waals surface area contributed by atoms with Gasteiger partial charge in [0.05, 0.1) is 15.2 Å². The maximum Gasteiger partial charge on any atom is 0.119 e. The van der Waals surface area contributed by atoms with Gasteiger partial charge in [-0.3, -0.25) is 0 Å². The lowest BCUT2D eigenvalue weighted by Crippen LogP contribution is -2.15. The van der Waals surface area contributed by atoms with Gasteiger partial charge in [0.15, 0.2) is 0 Å². The Morgan fingerprint density at radius 3 is 2.50 bits per heavy atom. The number of benzene rings is 1. The van der Waals surface area contributed by atoms with Crippen molar-refractivity contribution in [2.75, 3.05) is 7.11 Å². The van der Waals surface area contributed by atoms with E-state index in [2.05, 4.69) is 43.5 Å². The molecule has 0 amide bonds. The first-order valence-corrected chi connectivity index (χ1v) is 8.42. The van der Waals surface area contributed by atoms with E-state index in [0.717, 1.165) is 5.75 Å². The van der Waals surface area contributed by atoms with Crippen LogP contribution in [0.1, 0.15) is 5.56 Å². The zero-order valence-corrected chi connectivity index (χ0v) is 10.4. The molecule has 0 unspecified atom stereocenters. The van der Waals surface area contributed by atoms with Gasteiger partial charge in [0.25, 0.3) is 0 Å². The molecule has 0 saturated carbocycles. The molecular weight excluding hydrogens is 188 g/mol. The van der Waals surface area contributed by atoms with Gasteiger partial charge >= 0.3 is 0 Å². The van der Waals surface area contributed by atoms with Gasteiger partial charge in [-0.25, -0.2) is 0 Å². The van der Waals surface area contributed by atoms with Crippen LogP contribution in [0, 0.1) is 0 Å². The topological polar surface area (TPSA) is 9.23 Å². The van der Waals surface area contributed by atoms with Crippen molar-refractivity contribution in [3.8, 4) is 5.75 Å². The molecule has 0 aliphatic carbocycles. The predicted octanol–water partition coefficient (Wildman–Crippen LogP) is 3.59. The highest BCUT2D eigenvalue weighted by atomic mass is 28.3. The molecular formula is C12H18OSi. The van der Waals surface area contributed by atoms with E-state index in [0.29, 0.717) is 0 Å². The monoisotopic (exact) mass is 206 g/mol. The number of methoxy groups -OCH3 is 1. The Bertz CT molecular complexity index is 323. The van der Waals surface area contributed by atoms with Crippen LogP contribution in [0.3, 0.4) is 0 Å². The van der Waals surface area contributed by atoms with Crippen molar-refractivity contribution in [1.82, 2.24) is 0 Å². The van der Waals surface area contributed by atoms with Crippen molar-refractivity contribution in [2.45, 2.75) is 19.6 Å². The summed E-state index contributed by atoms with van der Waals surface area (Å²) in [5, 5.41) is 0. The second kappa shape index (κ2) is 4.47. The molecule has 0 radical (unpaired) electrons. The van der Waals surface area contributed by atoms with Gasteiger partial charge in [-0.05, 0) is 17.7 Å². The van der Waals surface area contributed by atoms with E-state index < -0.39 is 8.07 Å². The molecule has 0 aromatic heterocycles. The highest BCUT2D eigenvalue weighted by molar-refractivity contribution is 6.81. The fraction of sp³-hybridized carbons (Fsp3) is 0.333. The van der Waals surface area contributed by atoms with Crippen LogP contribution >= 0.6 is 0 Å². The molecule has 0 fully saturated rings. The minimum atomic E-state index is -1.09. The molecule has 0 saturated heterocycles. The van der Waals surface area contributed by atoms with Crippen molar-refractivity contribution in [3.63, 3.8) is 0 Å². The first kappa shape index (κ1) is 11.1. The van der Waals surface area contributed by atoms with Gasteiger partial charge in [-0.15, -0.1) is 0 Å². The number of hydrogen-bond acceptors (Lipinski definition) is 1. The maximum atomic E-state index is 5.16. The van der Waals surface area contributed by atoms with E-state index in [4.69, 9.17) is 4.74 Å². The van der Waals surface area contributed by atoms with Crippen molar-refractivity contribution in [3.05, 3.63) is 35.5 Å². The lowest BCUT2D eigenvalue weighted by Gasteiger charge is -2.08. The van der Waals surface area contributed by atoms with E-state index in [1.807, 2.05) is 12.1 Å². The normalized spacial score (nSPS) is 12.0. The SMILES string of the molecule is COc1cccc(/C=C\[Si](C)(C)C)c1. The summed E-state index contributed by atoms with van der Waals surface area (Å²) in [6, 6.07) is 8.13. The molecule has 0 heterocycles. The Kier molecular flexibility index (Phi) is 3.53. The van der Waals surface area contributed by atoms with Crippen LogP contribution < -0.4 is 4.74 Å². The van der Waals surface area contributed by atoms with Crippen LogP contribution in [0.2, 0.25) is 19.6 Å². The fourth-order valence-electron chi connectivity index (χ4n) is 1.09. The van der Waals surface area contributed by atoms with E-state index in [9.17, 15) is 0 Å². The largest absolute Gasteiger partial charge is 0.497 e. The molecule has 2 heteroatoms. The molecule has 0 N–H and O–H groups in total. The lowest BCUT2D eigenvalue weighted by atomic mass is 10.2. The molecule has 1 rings (SSSR count). The second-order valence-corrected chi connectivity index (χ2v) is 9.54. The zero-order chi connectivity index (χ0) is 10.6. The van der Waals surface area contributed by atoms with Gasteiger partial charge in [-0.2, -0.15) is 0 Å².